The highest BCUT2D eigenvalue weighted by atomic mass is 32.1. The molecule has 0 unspecified atom stereocenters. The van der Waals surface area contributed by atoms with E-state index in [1.807, 2.05) is 39.8 Å². The van der Waals surface area contributed by atoms with Crippen LogP contribution in [0.4, 0.5) is 0 Å². The number of allylic oxidation sites excluding steroid dienone is 1. The normalized spacial score (nSPS) is 9.54. The molecule has 1 heterocycles. The lowest BCUT2D eigenvalue weighted by Gasteiger charge is -1.89. The van der Waals surface area contributed by atoms with Crippen molar-refractivity contribution in [2.24, 2.45) is 0 Å². The Morgan fingerprint density at radius 3 is 2.46 bits per heavy atom. The smallest absolute Gasteiger partial charge is 0.0589 e. The van der Waals surface area contributed by atoms with Gasteiger partial charge in [-0.25, -0.2) is 0 Å². The third kappa shape index (κ3) is 3.15. The molecule has 0 saturated heterocycles. The molecule has 1 rings (SSSR count). The summed E-state index contributed by atoms with van der Waals surface area (Å²) in [6, 6.07) is 0. The third-order valence-electron chi connectivity index (χ3n) is 1.45. The predicted molar refractivity (Wildman–Crippen MR) is 63.0 cm³/mol. The molecule has 0 bridgehead atoms. The van der Waals surface area contributed by atoms with Crippen molar-refractivity contribution < 1.29 is 0 Å². The van der Waals surface area contributed by atoms with E-state index in [-0.39, 0.29) is 0 Å². The topological polar surface area (TPSA) is 12.9 Å². The standard InChI is InChI=1S/C9H11NS.C2H6/c1-4-6-8-7(3)10-11-9(8)5-2;1-2/h4-6H,2H2,1,3H3;1-2H3/b6-4-;. The first-order valence-electron chi connectivity index (χ1n) is 4.51. The summed E-state index contributed by atoms with van der Waals surface area (Å²) in [5.41, 5.74) is 2.29. The maximum Gasteiger partial charge on any atom is 0.0589 e. The molecule has 1 nitrogen and oxygen atoms in total. The third-order valence-corrected chi connectivity index (χ3v) is 2.40. The monoisotopic (exact) mass is 195 g/mol. The second-order valence-electron chi connectivity index (χ2n) is 2.25. The Morgan fingerprint density at radius 1 is 1.38 bits per heavy atom. The van der Waals surface area contributed by atoms with Crippen LogP contribution in [0.5, 0.6) is 0 Å². The Labute approximate surface area is 85.0 Å². The van der Waals surface area contributed by atoms with E-state index >= 15 is 0 Å². The molecule has 0 atom stereocenters. The number of nitrogens with zero attached hydrogens (tertiary/aromatic N) is 1. The summed E-state index contributed by atoms with van der Waals surface area (Å²) in [4.78, 5) is 1.15. The van der Waals surface area contributed by atoms with Crippen LogP contribution >= 0.6 is 11.5 Å². The molecule has 0 saturated carbocycles. The molecule has 0 N–H and O–H groups in total. The summed E-state index contributed by atoms with van der Waals surface area (Å²) in [6.07, 6.45) is 5.93. The molecule has 2 heteroatoms. The van der Waals surface area contributed by atoms with E-state index in [4.69, 9.17) is 0 Å². The lowest BCUT2D eigenvalue weighted by molar-refractivity contribution is 1.33. The van der Waals surface area contributed by atoms with Crippen molar-refractivity contribution in [1.29, 1.82) is 0 Å². The van der Waals surface area contributed by atoms with Crippen molar-refractivity contribution in [2.45, 2.75) is 27.7 Å². The summed E-state index contributed by atoms with van der Waals surface area (Å²) >= 11 is 1.50. The molecular weight excluding hydrogens is 178 g/mol. The van der Waals surface area contributed by atoms with Crippen LogP contribution in [0, 0.1) is 6.92 Å². The Balaban J connectivity index is 0.000000671. The molecule has 0 aromatic carbocycles. The highest BCUT2D eigenvalue weighted by Crippen LogP contribution is 2.20. The van der Waals surface area contributed by atoms with Gasteiger partial charge in [0.1, 0.15) is 0 Å². The van der Waals surface area contributed by atoms with Gasteiger partial charge in [-0.3, -0.25) is 0 Å². The van der Waals surface area contributed by atoms with Crippen molar-refractivity contribution in [3.63, 3.8) is 0 Å². The zero-order valence-electron chi connectivity index (χ0n) is 8.79. The minimum Gasteiger partial charge on any atom is -0.197 e. The zero-order chi connectivity index (χ0) is 10.3. The van der Waals surface area contributed by atoms with Crippen LogP contribution in [0.15, 0.2) is 12.7 Å². The largest absolute Gasteiger partial charge is 0.197 e. The Kier molecular flexibility index (Phi) is 6.15. The van der Waals surface area contributed by atoms with Gasteiger partial charge in [-0.15, -0.1) is 0 Å². The van der Waals surface area contributed by atoms with E-state index in [1.165, 1.54) is 17.1 Å². The predicted octanol–water partition coefficient (Wildman–Crippen LogP) is 4.15. The van der Waals surface area contributed by atoms with Crippen LogP contribution in [0.3, 0.4) is 0 Å². The lowest BCUT2D eigenvalue weighted by atomic mass is 10.2. The number of hydrogen-bond donors (Lipinski definition) is 0. The van der Waals surface area contributed by atoms with Crippen LogP contribution in [-0.4, -0.2) is 4.37 Å². The maximum absolute atomic E-state index is 4.23. The number of aryl methyl sites for hydroxylation is 1. The van der Waals surface area contributed by atoms with E-state index < -0.39 is 0 Å². The van der Waals surface area contributed by atoms with E-state index in [9.17, 15) is 0 Å². The Bertz CT molecular complexity index is 284. The summed E-state index contributed by atoms with van der Waals surface area (Å²) < 4.78 is 4.23. The molecule has 0 radical (unpaired) electrons. The van der Waals surface area contributed by atoms with Crippen molar-refractivity contribution >= 4 is 23.7 Å². The van der Waals surface area contributed by atoms with Gasteiger partial charge in [-0.05, 0) is 31.5 Å². The van der Waals surface area contributed by atoms with Gasteiger partial charge in [0.2, 0.25) is 0 Å². The van der Waals surface area contributed by atoms with Gasteiger partial charge in [0.15, 0.2) is 0 Å². The average molecular weight is 195 g/mol. The molecule has 0 aliphatic carbocycles. The van der Waals surface area contributed by atoms with Crippen LogP contribution in [-0.2, 0) is 0 Å². The molecule has 1 aromatic heterocycles. The molecule has 13 heavy (non-hydrogen) atoms. The van der Waals surface area contributed by atoms with Gasteiger partial charge in [0, 0.05) is 5.56 Å². The SMILES string of the molecule is C=Cc1snc(C)c1/C=C\C.CC. The second kappa shape index (κ2) is 6.61. The molecular formula is C11H17NS. The molecule has 0 aliphatic heterocycles. The molecule has 0 aliphatic rings. The van der Waals surface area contributed by atoms with Gasteiger partial charge in [0.25, 0.3) is 0 Å². The lowest BCUT2D eigenvalue weighted by Crippen LogP contribution is -1.75. The van der Waals surface area contributed by atoms with Crippen molar-refractivity contribution in [3.05, 3.63) is 28.8 Å². The number of aromatic nitrogens is 1. The highest BCUT2D eigenvalue weighted by Gasteiger charge is 2.02. The fraction of sp³-hybridized carbons (Fsp3) is 0.364. The van der Waals surface area contributed by atoms with Crippen LogP contribution in [0.1, 0.15) is 36.9 Å². The average Bonchev–Trinajstić information content (AvgIpc) is 2.52. The molecule has 1 aromatic rings. The van der Waals surface area contributed by atoms with Gasteiger partial charge >= 0.3 is 0 Å². The summed E-state index contributed by atoms with van der Waals surface area (Å²) in [5, 5.41) is 0. The second-order valence-corrected chi connectivity index (χ2v) is 3.06. The minimum atomic E-state index is 1.09. The van der Waals surface area contributed by atoms with Gasteiger partial charge in [-0.1, -0.05) is 32.6 Å². The van der Waals surface area contributed by atoms with Gasteiger partial charge in [-0.2, -0.15) is 4.37 Å². The first-order valence-corrected chi connectivity index (χ1v) is 5.28. The maximum atomic E-state index is 4.23. The Morgan fingerprint density at radius 2 is 2.00 bits per heavy atom. The van der Waals surface area contributed by atoms with Crippen LogP contribution in [0.2, 0.25) is 0 Å². The quantitative estimate of drug-likeness (QED) is 0.690. The fourth-order valence-corrected chi connectivity index (χ4v) is 1.63. The van der Waals surface area contributed by atoms with Crippen molar-refractivity contribution in [3.8, 4) is 0 Å². The summed E-state index contributed by atoms with van der Waals surface area (Å²) in [5.74, 6) is 0. The molecule has 0 fully saturated rings. The van der Waals surface area contributed by atoms with Crippen molar-refractivity contribution in [2.75, 3.05) is 0 Å². The van der Waals surface area contributed by atoms with Crippen LogP contribution in [0.25, 0.3) is 12.2 Å². The van der Waals surface area contributed by atoms with Gasteiger partial charge in [0.05, 0.1) is 10.6 Å². The molecule has 0 amide bonds. The van der Waals surface area contributed by atoms with E-state index in [2.05, 4.69) is 17.0 Å². The Hall–Kier alpha value is -0.890. The first-order chi connectivity index (χ1) is 6.29. The fourth-order valence-electron chi connectivity index (χ4n) is 0.911. The summed E-state index contributed by atoms with van der Waals surface area (Å²) in [6.45, 7) is 11.7. The van der Waals surface area contributed by atoms with Crippen LogP contribution < -0.4 is 0 Å². The minimum absolute atomic E-state index is 1.09. The molecule has 72 valence electrons. The van der Waals surface area contributed by atoms with Gasteiger partial charge < -0.3 is 0 Å². The number of rotatable bonds is 2. The highest BCUT2D eigenvalue weighted by molar-refractivity contribution is 7.07. The van der Waals surface area contributed by atoms with E-state index in [1.54, 1.807) is 0 Å². The zero-order valence-corrected chi connectivity index (χ0v) is 9.61. The first kappa shape index (κ1) is 12.1. The molecule has 0 spiro atoms. The van der Waals surface area contributed by atoms with E-state index in [0.29, 0.717) is 0 Å². The number of hydrogen-bond acceptors (Lipinski definition) is 2. The van der Waals surface area contributed by atoms with E-state index in [0.717, 1.165) is 10.6 Å². The summed E-state index contributed by atoms with van der Waals surface area (Å²) in [7, 11) is 0. The van der Waals surface area contributed by atoms with Crippen molar-refractivity contribution in [1.82, 2.24) is 4.37 Å².